The van der Waals surface area contributed by atoms with Crippen molar-refractivity contribution in [3.63, 3.8) is 0 Å². The summed E-state index contributed by atoms with van der Waals surface area (Å²) in [5.41, 5.74) is 2.00. The van der Waals surface area contributed by atoms with E-state index in [-0.39, 0.29) is 11.7 Å². The zero-order valence-electron chi connectivity index (χ0n) is 14.8. The van der Waals surface area contributed by atoms with Crippen molar-refractivity contribution in [2.24, 2.45) is 5.92 Å². The maximum absolute atomic E-state index is 13.4. The molecule has 0 bridgehead atoms. The molecule has 0 radical (unpaired) electrons. The summed E-state index contributed by atoms with van der Waals surface area (Å²) in [7, 11) is 0. The average molecular weight is 365 g/mol. The molecule has 0 spiro atoms. The van der Waals surface area contributed by atoms with Crippen molar-refractivity contribution in [1.82, 2.24) is 24.8 Å². The van der Waals surface area contributed by atoms with Crippen LogP contribution in [0.5, 0.6) is 0 Å². The monoisotopic (exact) mass is 365 g/mol. The molecule has 0 aliphatic carbocycles. The topological polar surface area (TPSA) is 74.8 Å². The van der Waals surface area contributed by atoms with Gasteiger partial charge in [-0.2, -0.15) is 0 Å². The van der Waals surface area contributed by atoms with Crippen LogP contribution in [0.15, 0.2) is 49.1 Å². The zero-order valence-corrected chi connectivity index (χ0v) is 14.8. The molecule has 1 amide bonds. The molecule has 1 aliphatic heterocycles. The Labute approximate surface area is 156 Å². The first kappa shape index (κ1) is 17.3. The number of rotatable bonds is 4. The fourth-order valence-corrected chi connectivity index (χ4v) is 3.50. The van der Waals surface area contributed by atoms with Crippen LogP contribution < -0.4 is 0 Å². The maximum Gasteiger partial charge on any atom is 0.253 e. The average Bonchev–Trinajstić information content (AvgIpc) is 3.23. The van der Waals surface area contributed by atoms with Crippen LogP contribution >= 0.6 is 0 Å². The molecule has 2 aromatic heterocycles. The first-order valence-corrected chi connectivity index (χ1v) is 9.04. The van der Waals surface area contributed by atoms with Gasteiger partial charge in [0.2, 0.25) is 0 Å². The summed E-state index contributed by atoms with van der Waals surface area (Å²) in [6.45, 7) is 1.35. The van der Waals surface area contributed by atoms with Crippen molar-refractivity contribution >= 4 is 5.91 Å². The molecule has 6 nitrogen and oxygen atoms in total. The van der Waals surface area contributed by atoms with Gasteiger partial charge in [-0.25, -0.2) is 14.4 Å². The van der Waals surface area contributed by atoms with Gasteiger partial charge in [-0.1, -0.05) is 6.07 Å². The minimum atomic E-state index is -0.388. The second-order valence-corrected chi connectivity index (χ2v) is 6.80. The molecule has 138 valence electrons. The Kier molecular flexibility index (Phi) is 4.91. The van der Waals surface area contributed by atoms with Crippen LogP contribution in [0.2, 0.25) is 0 Å². The predicted molar refractivity (Wildman–Crippen MR) is 98.3 cm³/mol. The number of piperidine rings is 1. The largest absolute Gasteiger partial charge is 0.343 e. The molecule has 4 rings (SSSR count). The Bertz CT molecular complexity index is 910. The number of likely N-dealkylation sites (tertiary alicyclic amines) is 1. The number of H-pyrrole nitrogens is 1. The van der Waals surface area contributed by atoms with E-state index < -0.39 is 0 Å². The number of carbonyl (C=O) groups excluding carboxylic acids is 1. The van der Waals surface area contributed by atoms with Crippen LogP contribution in [0.1, 0.15) is 28.9 Å². The van der Waals surface area contributed by atoms with Crippen LogP contribution in [0, 0.1) is 11.7 Å². The van der Waals surface area contributed by atoms with Crippen molar-refractivity contribution in [2.75, 3.05) is 13.1 Å². The van der Waals surface area contributed by atoms with Gasteiger partial charge in [0.1, 0.15) is 11.5 Å². The molecule has 1 saturated heterocycles. The Morgan fingerprint density at radius 3 is 2.93 bits per heavy atom. The van der Waals surface area contributed by atoms with Gasteiger partial charge in [0.25, 0.3) is 5.91 Å². The lowest BCUT2D eigenvalue weighted by Gasteiger charge is -2.32. The quantitative estimate of drug-likeness (QED) is 0.771. The van der Waals surface area contributed by atoms with Crippen LogP contribution in [0.3, 0.4) is 0 Å². The van der Waals surface area contributed by atoms with E-state index in [1.807, 2.05) is 4.90 Å². The molecule has 0 saturated carbocycles. The number of benzene rings is 1. The molecule has 3 aromatic rings. The van der Waals surface area contributed by atoms with Gasteiger partial charge in [-0.3, -0.25) is 9.78 Å². The number of hydrogen-bond donors (Lipinski definition) is 1. The summed E-state index contributed by atoms with van der Waals surface area (Å²) in [6.07, 6.45) is 9.64. The van der Waals surface area contributed by atoms with Crippen molar-refractivity contribution in [2.45, 2.75) is 19.3 Å². The van der Waals surface area contributed by atoms with Gasteiger partial charge in [0.05, 0.1) is 11.9 Å². The number of imidazole rings is 1. The summed E-state index contributed by atoms with van der Waals surface area (Å²) in [4.78, 5) is 30.5. The predicted octanol–water partition coefficient (Wildman–Crippen LogP) is 3.10. The van der Waals surface area contributed by atoms with E-state index in [0.717, 1.165) is 25.0 Å². The lowest BCUT2D eigenvalue weighted by Crippen LogP contribution is -2.40. The van der Waals surface area contributed by atoms with Crippen LogP contribution in [0.25, 0.3) is 11.5 Å². The molecule has 1 atom stereocenters. The molecule has 1 N–H and O–H groups in total. The van der Waals surface area contributed by atoms with Crippen LogP contribution in [-0.4, -0.2) is 43.8 Å². The molecule has 1 aliphatic rings. The molecule has 3 heterocycles. The van der Waals surface area contributed by atoms with E-state index >= 15 is 0 Å². The van der Waals surface area contributed by atoms with Crippen molar-refractivity contribution in [3.8, 4) is 11.5 Å². The third-order valence-corrected chi connectivity index (χ3v) is 4.82. The van der Waals surface area contributed by atoms with Crippen LogP contribution in [0.4, 0.5) is 4.39 Å². The Balaban J connectivity index is 1.40. The normalized spacial score (nSPS) is 17.1. The van der Waals surface area contributed by atoms with Gasteiger partial charge < -0.3 is 9.88 Å². The third-order valence-electron chi connectivity index (χ3n) is 4.82. The molecule has 1 fully saturated rings. The van der Waals surface area contributed by atoms with E-state index in [1.165, 1.54) is 12.1 Å². The van der Waals surface area contributed by atoms with Crippen molar-refractivity contribution < 1.29 is 9.18 Å². The summed E-state index contributed by atoms with van der Waals surface area (Å²) >= 11 is 0. The molecular weight excluding hydrogens is 345 g/mol. The van der Waals surface area contributed by atoms with E-state index in [9.17, 15) is 9.18 Å². The summed E-state index contributed by atoms with van der Waals surface area (Å²) in [6, 6.07) is 5.87. The highest BCUT2D eigenvalue weighted by molar-refractivity contribution is 5.94. The number of hydrogen-bond acceptors (Lipinski definition) is 4. The fraction of sp³-hybridized carbons (Fsp3) is 0.300. The number of halogens is 1. The SMILES string of the molecule is O=C(c1cccc(F)c1)N1CCC[C@@H](Cc2cnc(-c3ncc[nH]3)cn2)C1. The highest BCUT2D eigenvalue weighted by atomic mass is 19.1. The van der Waals surface area contributed by atoms with Gasteiger partial charge in [0.15, 0.2) is 5.82 Å². The lowest BCUT2D eigenvalue weighted by molar-refractivity contribution is 0.0672. The summed E-state index contributed by atoms with van der Waals surface area (Å²) < 4.78 is 13.4. The van der Waals surface area contributed by atoms with Gasteiger partial charge >= 0.3 is 0 Å². The second-order valence-electron chi connectivity index (χ2n) is 6.80. The van der Waals surface area contributed by atoms with Crippen LogP contribution in [-0.2, 0) is 6.42 Å². The van der Waals surface area contributed by atoms with Gasteiger partial charge in [0, 0.05) is 37.2 Å². The van der Waals surface area contributed by atoms with Crippen molar-refractivity contribution in [1.29, 1.82) is 0 Å². The number of nitrogens with zero attached hydrogens (tertiary/aromatic N) is 4. The lowest BCUT2D eigenvalue weighted by atomic mass is 9.93. The van der Waals surface area contributed by atoms with Crippen molar-refractivity contribution in [3.05, 3.63) is 66.1 Å². The summed E-state index contributed by atoms with van der Waals surface area (Å²) in [5, 5.41) is 0. The Hall–Kier alpha value is -3.09. The Morgan fingerprint density at radius 2 is 2.19 bits per heavy atom. The number of aromatic amines is 1. The van der Waals surface area contributed by atoms with E-state index in [0.29, 0.717) is 36.1 Å². The minimum Gasteiger partial charge on any atom is -0.343 e. The second kappa shape index (κ2) is 7.65. The van der Waals surface area contributed by atoms with Gasteiger partial charge in [-0.15, -0.1) is 0 Å². The molecule has 0 unspecified atom stereocenters. The number of nitrogens with one attached hydrogen (secondary N) is 1. The molecule has 1 aromatic carbocycles. The molecule has 7 heteroatoms. The van der Waals surface area contributed by atoms with Gasteiger partial charge in [-0.05, 0) is 43.4 Å². The highest BCUT2D eigenvalue weighted by Crippen LogP contribution is 2.22. The molecule has 27 heavy (non-hydrogen) atoms. The maximum atomic E-state index is 13.4. The fourth-order valence-electron chi connectivity index (χ4n) is 3.50. The number of aromatic nitrogens is 4. The number of carbonyl (C=O) groups is 1. The first-order valence-electron chi connectivity index (χ1n) is 9.04. The molecular formula is C20H20FN5O. The first-order chi connectivity index (χ1) is 13.2. The number of amides is 1. The highest BCUT2D eigenvalue weighted by Gasteiger charge is 2.25. The van der Waals surface area contributed by atoms with E-state index in [1.54, 1.807) is 36.9 Å². The summed E-state index contributed by atoms with van der Waals surface area (Å²) in [5.74, 6) is 0.512. The zero-order chi connectivity index (χ0) is 18.6. The van der Waals surface area contributed by atoms with E-state index in [4.69, 9.17) is 0 Å². The smallest absolute Gasteiger partial charge is 0.253 e. The van der Waals surface area contributed by atoms with E-state index in [2.05, 4.69) is 19.9 Å². The Morgan fingerprint density at radius 1 is 1.26 bits per heavy atom. The third kappa shape index (κ3) is 4.02. The standard InChI is InChI=1S/C20H20FN5O/c21-16-5-1-4-15(10-16)20(27)26-8-2-3-14(13-26)9-17-11-25-18(12-24-17)19-22-6-7-23-19/h1,4-7,10-12,14H,2-3,8-9,13H2,(H,22,23)/t14-/m0/s1. The minimum absolute atomic E-state index is 0.113.